The molecule has 0 aliphatic rings. The first-order valence-electron chi connectivity index (χ1n) is 6.58. The molecule has 1 nitrogen and oxygen atoms in total. The molecular formula is C15H15BrF3NS. The minimum absolute atomic E-state index is 0.121. The molecule has 1 unspecified atom stereocenters. The molecule has 114 valence electrons. The molecule has 0 fully saturated rings. The van der Waals surface area contributed by atoms with Crippen molar-refractivity contribution >= 4 is 27.3 Å². The van der Waals surface area contributed by atoms with Gasteiger partial charge < -0.3 is 5.32 Å². The summed E-state index contributed by atoms with van der Waals surface area (Å²) in [6.07, 6.45) is 0.854. The van der Waals surface area contributed by atoms with Gasteiger partial charge in [0.05, 0.1) is 9.83 Å². The normalized spacial score (nSPS) is 12.7. The maximum Gasteiger partial charge on any atom is 0.194 e. The summed E-state index contributed by atoms with van der Waals surface area (Å²) in [5.74, 6) is -3.73. The SMILES string of the molecule is CCCNC(c1cc(C)c(Br)s1)c1ccc(F)c(F)c1F. The van der Waals surface area contributed by atoms with Crippen molar-refractivity contribution in [2.75, 3.05) is 6.54 Å². The summed E-state index contributed by atoms with van der Waals surface area (Å²) in [7, 11) is 0. The minimum Gasteiger partial charge on any atom is -0.306 e. The predicted octanol–water partition coefficient (Wildman–Crippen LogP) is 5.33. The Morgan fingerprint density at radius 1 is 1.24 bits per heavy atom. The van der Waals surface area contributed by atoms with Gasteiger partial charge >= 0.3 is 0 Å². The van der Waals surface area contributed by atoms with Gasteiger partial charge in [0.2, 0.25) is 0 Å². The lowest BCUT2D eigenvalue weighted by molar-refractivity contribution is 0.433. The number of thiophene rings is 1. The lowest BCUT2D eigenvalue weighted by atomic mass is 10.0. The summed E-state index contributed by atoms with van der Waals surface area (Å²) in [6.45, 7) is 4.57. The molecule has 0 aliphatic carbocycles. The molecule has 0 spiro atoms. The molecule has 1 aromatic carbocycles. The first-order chi connectivity index (χ1) is 9.95. The Morgan fingerprint density at radius 3 is 2.52 bits per heavy atom. The molecule has 0 saturated carbocycles. The zero-order valence-corrected chi connectivity index (χ0v) is 14.0. The predicted molar refractivity (Wildman–Crippen MR) is 83.2 cm³/mol. The van der Waals surface area contributed by atoms with Gasteiger partial charge in [-0.25, -0.2) is 13.2 Å². The van der Waals surface area contributed by atoms with E-state index in [1.807, 2.05) is 19.9 Å². The van der Waals surface area contributed by atoms with Crippen molar-refractivity contribution in [3.63, 3.8) is 0 Å². The number of benzene rings is 1. The van der Waals surface area contributed by atoms with E-state index in [0.717, 1.165) is 26.7 Å². The van der Waals surface area contributed by atoms with Crippen molar-refractivity contribution in [2.45, 2.75) is 26.3 Å². The Bertz CT molecular complexity index is 623. The molecule has 1 atom stereocenters. The van der Waals surface area contributed by atoms with Crippen molar-refractivity contribution in [3.05, 3.63) is 55.4 Å². The van der Waals surface area contributed by atoms with E-state index in [-0.39, 0.29) is 5.56 Å². The fourth-order valence-electron chi connectivity index (χ4n) is 2.04. The largest absolute Gasteiger partial charge is 0.306 e. The van der Waals surface area contributed by atoms with Crippen LogP contribution < -0.4 is 5.32 Å². The van der Waals surface area contributed by atoms with Gasteiger partial charge in [0, 0.05) is 10.4 Å². The second kappa shape index (κ2) is 6.94. The average molecular weight is 378 g/mol. The molecule has 1 N–H and O–H groups in total. The lowest BCUT2D eigenvalue weighted by Crippen LogP contribution is -2.24. The minimum atomic E-state index is -1.43. The van der Waals surface area contributed by atoms with E-state index in [4.69, 9.17) is 0 Å². The van der Waals surface area contributed by atoms with Crippen molar-refractivity contribution in [1.29, 1.82) is 0 Å². The average Bonchev–Trinajstić information content (AvgIpc) is 2.78. The third kappa shape index (κ3) is 3.49. The molecule has 2 aromatic rings. The van der Waals surface area contributed by atoms with Crippen molar-refractivity contribution in [3.8, 4) is 0 Å². The van der Waals surface area contributed by atoms with Crippen molar-refractivity contribution in [1.82, 2.24) is 5.32 Å². The first-order valence-corrected chi connectivity index (χ1v) is 8.19. The Hall–Kier alpha value is -0.850. The van der Waals surface area contributed by atoms with Gasteiger partial charge in [0.25, 0.3) is 0 Å². The molecule has 1 aromatic heterocycles. The van der Waals surface area contributed by atoms with Crippen LogP contribution in [0.4, 0.5) is 13.2 Å². The Balaban J connectivity index is 2.47. The van der Waals surface area contributed by atoms with Gasteiger partial charge in [-0.15, -0.1) is 11.3 Å². The van der Waals surface area contributed by atoms with E-state index in [2.05, 4.69) is 21.2 Å². The first kappa shape index (κ1) is 16.5. The summed E-state index contributed by atoms with van der Waals surface area (Å²) in [5, 5.41) is 3.19. The molecule has 6 heteroatoms. The van der Waals surface area contributed by atoms with Crippen LogP contribution in [0.1, 0.15) is 35.4 Å². The Labute approximate surface area is 134 Å². The fourth-order valence-corrected chi connectivity index (χ4v) is 3.71. The molecule has 0 bridgehead atoms. The number of nitrogens with one attached hydrogen (secondary N) is 1. The maximum absolute atomic E-state index is 14.1. The number of aryl methyl sites for hydroxylation is 1. The second-order valence-corrected chi connectivity index (χ2v) is 7.16. The number of halogens is 4. The molecular weight excluding hydrogens is 363 g/mol. The third-order valence-corrected chi connectivity index (χ3v) is 5.34. The summed E-state index contributed by atoms with van der Waals surface area (Å²) in [5.41, 5.74) is 1.15. The summed E-state index contributed by atoms with van der Waals surface area (Å²) in [6, 6.07) is 3.69. The number of rotatable bonds is 5. The van der Waals surface area contributed by atoms with Gasteiger partial charge in [-0.2, -0.15) is 0 Å². The van der Waals surface area contributed by atoms with Crippen LogP contribution >= 0.6 is 27.3 Å². The van der Waals surface area contributed by atoms with Gasteiger partial charge in [-0.05, 0) is 53.5 Å². The lowest BCUT2D eigenvalue weighted by Gasteiger charge is -2.18. The topological polar surface area (TPSA) is 12.0 Å². The van der Waals surface area contributed by atoms with Crippen LogP contribution in [-0.2, 0) is 0 Å². The van der Waals surface area contributed by atoms with Crippen LogP contribution in [-0.4, -0.2) is 6.54 Å². The number of hydrogen-bond acceptors (Lipinski definition) is 2. The smallest absolute Gasteiger partial charge is 0.194 e. The van der Waals surface area contributed by atoms with Crippen LogP contribution in [0, 0.1) is 24.4 Å². The zero-order chi connectivity index (χ0) is 15.6. The highest BCUT2D eigenvalue weighted by Crippen LogP contribution is 2.35. The molecule has 2 rings (SSSR count). The molecule has 0 aliphatic heterocycles. The van der Waals surface area contributed by atoms with Gasteiger partial charge in [-0.3, -0.25) is 0 Å². The molecule has 0 saturated heterocycles. The van der Waals surface area contributed by atoms with Gasteiger partial charge in [0.15, 0.2) is 17.5 Å². The second-order valence-electron chi connectivity index (χ2n) is 4.76. The van der Waals surface area contributed by atoms with Crippen LogP contribution in [0.3, 0.4) is 0 Å². The fraction of sp³-hybridized carbons (Fsp3) is 0.333. The van der Waals surface area contributed by atoms with Crippen LogP contribution in [0.25, 0.3) is 0 Å². The van der Waals surface area contributed by atoms with E-state index < -0.39 is 23.5 Å². The van der Waals surface area contributed by atoms with E-state index in [0.29, 0.717) is 6.54 Å². The van der Waals surface area contributed by atoms with E-state index in [1.165, 1.54) is 17.4 Å². The number of hydrogen-bond donors (Lipinski definition) is 1. The Morgan fingerprint density at radius 2 is 1.95 bits per heavy atom. The van der Waals surface area contributed by atoms with Crippen LogP contribution in [0.5, 0.6) is 0 Å². The molecule has 1 heterocycles. The van der Waals surface area contributed by atoms with Gasteiger partial charge in [-0.1, -0.05) is 13.0 Å². The van der Waals surface area contributed by atoms with Crippen LogP contribution in [0.15, 0.2) is 22.0 Å². The van der Waals surface area contributed by atoms with Crippen LogP contribution in [0.2, 0.25) is 0 Å². The monoisotopic (exact) mass is 377 g/mol. The highest BCUT2D eigenvalue weighted by atomic mass is 79.9. The molecule has 21 heavy (non-hydrogen) atoms. The quantitative estimate of drug-likeness (QED) is 0.694. The highest BCUT2D eigenvalue weighted by Gasteiger charge is 2.23. The standard InChI is InChI=1S/C15H15BrF3NS/c1-3-6-20-14(11-7-8(2)15(16)21-11)9-4-5-10(17)13(19)12(9)18/h4-5,7,14,20H,3,6H2,1-2H3. The molecule has 0 radical (unpaired) electrons. The molecule has 0 amide bonds. The van der Waals surface area contributed by atoms with E-state index in [9.17, 15) is 13.2 Å². The Kier molecular flexibility index (Phi) is 5.46. The van der Waals surface area contributed by atoms with Crippen molar-refractivity contribution in [2.24, 2.45) is 0 Å². The summed E-state index contributed by atoms with van der Waals surface area (Å²) >= 11 is 4.89. The van der Waals surface area contributed by atoms with E-state index in [1.54, 1.807) is 0 Å². The maximum atomic E-state index is 14.1. The summed E-state index contributed by atoms with van der Waals surface area (Å²) in [4.78, 5) is 0.859. The van der Waals surface area contributed by atoms with E-state index >= 15 is 0 Å². The van der Waals surface area contributed by atoms with Crippen molar-refractivity contribution < 1.29 is 13.2 Å². The zero-order valence-electron chi connectivity index (χ0n) is 11.6. The third-order valence-electron chi connectivity index (χ3n) is 3.14. The summed E-state index contributed by atoms with van der Waals surface area (Å²) < 4.78 is 41.6. The van der Waals surface area contributed by atoms with Gasteiger partial charge in [0.1, 0.15) is 0 Å². The highest BCUT2D eigenvalue weighted by molar-refractivity contribution is 9.11.